The molecule has 0 unspecified atom stereocenters. The minimum Gasteiger partial charge on any atom is -0.390 e. The minimum absolute atomic E-state index is 0.0796. The Morgan fingerprint density at radius 3 is 2.60 bits per heavy atom. The van der Waals surface area contributed by atoms with E-state index in [0.29, 0.717) is 11.3 Å². The molecule has 1 amide bonds. The average Bonchev–Trinajstić information content (AvgIpc) is 3.00. The van der Waals surface area contributed by atoms with E-state index in [1.165, 1.54) is 36.1 Å². The van der Waals surface area contributed by atoms with Crippen LogP contribution in [-0.2, 0) is 6.54 Å². The van der Waals surface area contributed by atoms with Gasteiger partial charge in [0, 0.05) is 22.3 Å². The van der Waals surface area contributed by atoms with Gasteiger partial charge in [-0.25, -0.2) is 5.43 Å². The molecule has 0 saturated heterocycles. The minimum atomic E-state index is -0.721. The maximum Gasteiger partial charge on any atom is 0.490 e. The lowest BCUT2D eigenvalue weighted by Crippen LogP contribution is -2.21. The quantitative estimate of drug-likeness (QED) is 0.467. The zero-order valence-electron chi connectivity index (χ0n) is 13.2. The molecule has 0 aliphatic heterocycles. The van der Waals surface area contributed by atoms with E-state index in [1.54, 1.807) is 6.92 Å². The highest BCUT2D eigenvalue weighted by molar-refractivity contribution is 5.95. The highest BCUT2D eigenvalue weighted by atomic mass is 16.6. The summed E-state index contributed by atoms with van der Waals surface area (Å²) >= 11 is 0. The van der Waals surface area contributed by atoms with Crippen molar-refractivity contribution in [3.8, 4) is 0 Å². The molecule has 0 aliphatic rings. The lowest BCUT2D eigenvalue weighted by Gasteiger charge is -2.03. The molecule has 0 aliphatic carbocycles. The van der Waals surface area contributed by atoms with Gasteiger partial charge in [0.05, 0.1) is 17.2 Å². The van der Waals surface area contributed by atoms with E-state index in [9.17, 15) is 25.0 Å². The Morgan fingerprint density at radius 1 is 1.32 bits per heavy atom. The average molecular weight is 347 g/mol. The van der Waals surface area contributed by atoms with Gasteiger partial charge in [0.15, 0.2) is 0 Å². The number of nitrogens with zero attached hydrogens (tertiary/aromatic N) is 6. The molecular weight excluding hydrogens is 334 g/mol. The van der Waals surface area contributed by atoms with Crippen molar-refractivity contribution in [2.75, 3.05) is 0 Å². The number of nitrogens with one attached hydrogen (secondary N) is 1. The third kappa shape index (κ3) is 4.40. The molecule has 2 rings (SSSR count). The Hall–Kier alpha value is -3.70. The highest BCUT2D eigenvalue weighted by Crippen LogP contribution is 2.18. The Balaban J connectivity index is 2.02. The van der Waals surface area contributed by atoms with E-state index in [2.05, 4.69) is 20.6 Å². The summed E-state index contributed by atoms with van der Waals surface area (Å²) in [5, 5.41) is 28.8. The third-order valence-electron chi connectivity index (χ3n) is 3.08. The van der Waals surface area contributed by atoms with Crippen molar-refractivity contribution in [1.82, 2.24) is 20.2 Å². The molecule has 0 bridgehead atoms. The lowest BCUT2D eigenvalue weighted by atomic mass is 10.1. The van der Waals surface area contributed by atoms with Crippen LogP contribution in [0.25, 0.3) is 0 Å². The Morgan fingerprint density at radius 2 is 2.04 bits per heavy atom. The Kier molecular flexibility index (Phi) is 5.12. The number of amides is 1. The van der Waals surface area contributed by atoms with Gasteiger partial charge in [0.25, 0.3) is 11.6 Å². The first kappa shape index (κ1) is 17.7. The summed E-state index contributed by atoms with van der Waals surface area (Å²) in [7, 11) is 0. The largest absolute Gasteiger partial charge is 0.490 e. The molecule has 0 spiro atoms. The van der Waals surface area contributed by atoms with Gasteiger partial charge in [-0.2, -0.15) is 9.78 Å². The number of carbonyl (C=O) groups excluding carboxylic acids is 1. The first-order valence-corrected chi connectivity index (χ1v) is 6.90. The van der Waals surface area contributed by atoms with Crippen molar-refractivity contribution in [1.29, 1.82) is 0 Å². The van der Waals surface area contributed by atoms with Crippen LogP contribution in [-0.4, -0.2) is 36.2 Å². The van der Waals surface area contributed by atoms with Gasteiger partial charge in [-0.05, 0) is 30.9 Å². The lowest BCUT2D eigenvalue weighted by molar-refractivity contribution is -0.394. The SMILES string of the molecule is C/C(Cn1cnc([N+](=O)[O-])n1)=N\NC(=O)c1ccc([N+](=O)[O-])c(C)c1. The van der Waals surface area contributed by atoms with E-state index in [4.69, 9.17) is 0 Å². The molecule has 12 nitrogen and oxygen atoms in total. The van der Waals surface area contributed by atoms with Gasteiger partial charge in [-0.1, -0.05) is 4.98 Å². The number of nitro benzene ring substituents is 1. The number of hydrazone groups is 1. The van der Waals surface area contributed by atoms with Gasteiger partial charge >= 0.3 is 5.95 Å². The topological polar surface area (TPSA) is 158 Å². The zero-order chi connectivity index (χ0) is 18.6. The van der Waals surface area contributed by atoms with Crippen LogP contribution in [0.4, 0.5) is 11.6 Å². The molecule has 25 heavy (non-hydrogen) atoms. The summed E-state index contributed by atoms with van der Waals surface area (Å²) in [6.45, 7) is 3.22. The Labute approximate surface area is 140 Å². The summed E-state index contributed by atoms with van der Waals surface area (Å²) in [5.74, 6) is -1.07. The second kappa shape index (κ2) is 7.25. The van der Waals surface area contributed by atoms with Crippen molar-refractivity contribution >= 4 is 23.3 Å². The molecule has 2 aromatic rings. The second-order valence-corrected chi connectivity index (χ2v) is 5.05. The predicted molar refractivity (Wildman–Crippen MR) is 85.1 cm³/mol. The number of aromatic nitrogens is 3. The fourth-order valence-electron chi connectivity index (χ4n) is 1.93. The molecule has 1 aromatic heterocycles. The molecule has 1 N–H and O–H groups in total. The number of nitro groups is 2. The van der Waals surface area contributed by atoms with Crippen LogP contribution in [0.1, 0.15) is 22.8 Å². The van der Waals surface area contributed by atoms with Crippen LogP contribution in [0.2, 0.25) is 0 Å². The summed E-state index contributed by atoms with van der Waals surface area (Å²) < 4.78 is 1.21. The first-order valence-electron chi connectivity index (χ1n) is 6.90. The van der Waals surface area contributed by atoms with Crippen LogP contribution in [0.3, 0.4) is 0 Å². The molecular formula is C13H13N7O5. The van der Waals surface area contributed by atoms with Crippen molar-refractivity contribution in [3.05, 3.63) is 55.9 Å². The van der Waals surface area contributed by atoms with Gasteiger partial charge in [0.2, 0.25) is 6.33 Å². The van der Waals surface area contributed by atoms with Gasteiger partial charge in [-0.3, -0.25) is 14.9 Å². The van der Waals surface area contributed by atoms with Gasteiger partial charge in [0.1, 0.15) is 0 Å². The van der Waals surface area contributed by atoms with E-state index >= 15 is 0 Å². The van der Waals surface area contributed by atoms with E-state index in [0.717, 1.165) is 0 Å². The second-order valence-electron chi connectivity index (χ2n) is 5.05. The van der Waals surface area contributed by atoms with Crippen LogP contribution < -0.4 is 5.43 Å². The van der Waals surface area contributed by atoms with Gasteiger partial charge < -0.3 is 10.1 Å². The molecule has 1 heterocycles. The van der Waals surface area contributed by atoms with Crippen molar-refractivity contribution in [2.24, 2.45) is 5.10 Å². The fourth-order valence-corrected chi connectivity index (χ4v) is 1.93. The Bertz CT molecular complexity index is 873. The number of benzene rings is 1. The summed E-state index contributed by atoms with van der Waals surface area (Å²) in [6.07, 6.45) is 1.18. The molecule has 0 fully saturated rings. The summed E-state index contributed by atoms with van der Waals surface area (Å²) in [6, 6.07) is 3.96. The predicted octanol–water partition coefficient (Wildman–Crippen LogP) is 1.21. The molecule has 0 atom stereocenters. The molecule has 1 aromatic carbocycles. The third-order valence-corrected chi connectivity index (χ3v) is 3.08. The number of rotatable bonds is 6. The smallest absolute Gasteiger partial charge is 0.390 e. The van der Waals surface area contributed by atoms with Crippen LogP contribution in [0, 0.1) is 27.2 Å². The van der Waals surface area contributed by atoms with Crippen LogP contribution >= 0.6 is 0 Å². The summed E-state index contributed by atoms with van der Waals surface area (Å²) in [4.78, 5) is 35.5. The maximum atomic E-state index is 12.0. The monoisotopic (exact) mass is 347 g/mol. The molecule has 0 saturated carbocycles. The molecule has 12 heteroatoms. The van der Waals surface area contributed by atoms with E-state index < -0.39 is 21.7 Å². The number of carbonyl (C=O) groups is 1. The first-order chi connectivity index (χ1) is 11.8. The normalized spacial score (nSPS) is 11.2. The zero-order valence-corrected chi connectivity index (χ0v) is 13.2. The van der Waals surface area contributed by atoms with Crippen molar-refractivity contribution in [3.63, 3.8) is 0 Å². The summed E-state index contributed by atoms with van der Waals surface area (Å²) in [5.41, 5.74) is 3.22. The molecule has 0 radical (unpaired) electrons. The molecule has 130 valence electrons. The van der Waals surface area contributed by atoms with Crippen molar-refractivity contribution in [2.45, 2.75) is 20.4 Å². The number of hydrogen-bond donors (Lipinski definition) is 1. The van der Waals surface area contributed by atoms with Crippen LogP contribution in [0.5, 0.6) is 0 Å². The van der Waals surface area contributed by atoms with E-state index in [-0.39, 0.29) is 17.8 Å². The standard InChI is InChI=1S/C13H13N7O5/c1-8-5-10(3-4-11(8)19(22)23)12(21)16-15-9(2)6-18-7-14-13(17-18)20(24)25/h3-5,7H,6H2,1-2H3,(H,16,21)/b15-9+. The van der Waals surface area contributed by atoms with Crippen molar-refractivity contribution < 1.29 is 14.6 Å². The van der Waals surface area contributed by atoms with Gasteiger partial charge in [-0.15, -0.1) is 0 Å². The number of hydrogen-bond acceptors (Lipinski definition) is 8. The van der Waals surface area contributed by atoms with E-state index in [1.807, 2.05) is 0 Å². The van der Waals surface area contributed by atoms with Crippen LogP contribution in [0.15, 0.2) is 29.6 Å². The fraction of sp³-hybridized carbons (Fsp3) is 0.231. The number of aryl methyl sites for hydroxylation is 1. The maximum absolute atomic E-state index is 12.0. The highest BCUT2D eigenvalue weighted by Gasteiger charge is 2.15.